The molecule has 0 saturated carbocycles. The summed E-state index contributed by atoms with van der Waals surface area (Å²) in [5, 5.41) is 0. The zero-order valence-corrected chi connectivity index (χ0v) is 14.0. The largest absolute Gasteiger partial charge is 0.493 e. The van der Waals surface area contributed by atoms with Crippen LogP contribution in [-0.2, 0) is 6.61 Å². The van der Waals surface area contributed by atoms with Crippen molar-refractivity contribution in [2.45, 2.75) is 6.61 Å². The van der Waals surface area contributed by atoms with Crippen LogP contribution in [0.15, 0.2) is 60.9 Å². The molecule has 0 aliphatic carbocycles. The smallest absolute Gasteiger partial charge is 0.161 e. The van der Waals surface area contributed by atoms with Crippen molar-refractivity contribution in [3.05, 3.63) is 72.3 Å². The van der Waals surface area contributed by atoms with Crippen LogP contribution >= 0.6 is 0 Å². The molecule has 0 aliphatic rings. The zero-order valence-electron chi connectivity index (χ0n) is 14.0. The number of hydrogen-bond acceptors (Lipinski definition) is 4. The molecule has 0 amide bonds. The van der Waals surface area contributed by atoms with Crippen LogP contribution in [0.4, 0.5) is 4.39 Å². The van der Waals surface area contributed by atoms with Crippen LogP contribution in [0, 0.1) is 5.82 Å². The van der Waals surface area contributed by atoms with Gasteiger partial charge in [-0.15, -0.1) is 0 Å². The van der Waals surface area contributed by atoms with Gasteiger partial charge in [0.2, 0.25) is 0 Å². The monoisotopic (exact) mass is 339 g/mol. The van der Waals surface area contributed by atoms with Crippen LogP contribution < -0.4 is 14.2 Å². The zero-order chi connectivity index (χ0) is 17.6. The standard InChI is InChI=1S/C20H18FNO3/c1-23-19-8-3-15(10-20(19)24-2)16-9-14(11-22-12-16)13-25-18-6-4-17(21)5-7-18/h3-12H,13H2,1-2H3. The fraction of sp³-hybridized carbons (Fsp3) is 0.150. The van der Waals surface area contributed by atoms with Gasteiger partial charge in [-0.05, 0) is 48.0 Å². The summed E-state index contributed by atoms with van der Waals surface area (Å²) in [5.41, 5.74) is 2.83. The van der Waals surface area contributed by atoms with Crippen LogP contribution in [0.5, 0.6) is 17.2 Å². The lowest BCUT2D eigenvalue weighted by Crippen LogP contribution is -1.97. The van der Waals surface area contributed by atoms with Gasteiger partial charge in [-0.25, -0.2) is 4.39 Å². The lowest BCUT2D eigenvalue weighted by molar-refractivity contribution is 0.305. The van der Waals surface area contributed by atoms with Crippen LogP contribution in [0.3, 0.4) is 0 Å². The average Bonchev–Trinajstić information content (AvgIpc) is 2.67. The predicted molar refractivity (Wildman–Crippen MR) is 93.5 cm³/mol. The lowest BCUT2D eigenvalue weighted by Gasteiger charge is -2.11. The summed E-state index contributed by atoms with van der Waals surface area (Å²) in [6, 6.07) is 13.6. The molecule has 2 aromatic carbocycles. The first-order valence-electron chi connectivity index (χ1n) is 7.74. The van der Waals surface area contributed by atoms with Crippen molar-refractivity contribution in [3.8, 4) is 28.4 Å². The van der Waals surface area contributed by atoms with E-state index in [0.29, 0.717) is 23.9 Å². The van der Waals surface area contributed by atoms with Gasteiger partial charge in [0, 0.05) is 23.5 Å². The van der Waals surface area contributed by atoms with Gasteiger partial charge in [0.1, 0.15) is 18.2 Å². The number of ether oxygens (including phenoxy) is 3. The number of pyridine rings is 1. The fourth-order valence-corrected chi connectivity index (χ4v) is 2.44. The molecule has 0 bridgehead atoms. The Labute approximate surface area is 145 Å². The summed E-state index contributed by atoms with van der Waals surface area (Å²) in [6.07, 6.45) is 3.52. The van der Waals surface area contributed by atoms with Gasteiger partial charge < -0.3 is 14.2 Å². The highest BCUT2D eigenvalue weighted by Crippen LogP contribution is 2.32. The number of nitrogens with zero attached hydrogens (tertiary/aromatic N) is 1. The second-order valence-corrected chi connectivity index (χ2v) is 5.39. The van der Waals surface area contributed by atoms with E-state index in [0.717, 1.165) is 16.7 Å². The third-order valence-corrected chi connectivity index (χ3v) is 3.73. The maximum Gasteiger partial charge on any atom is 0.161 e. The van der Waals surface area contributed by atoms with Crippen molar-refractivity contribution in [1.82, 2.24) is 4.98 Å². The lowest BCUT2D eigenvalue weighted by atomic mass is 10.1. The average molecular weight is 339 g/mol. The topological polar surface area (TPSA) is 40.6 Å². The van der Waals surface area contributed by atoms with Gasteiger partial charge in [-0.3, -0.25) is 4.98 Å². The second-order valence-electron chi connectivity index (χ2n) is 5.39. The molecule has 0 atom stereocenters. The van der Waals surface area contributed by atoms with Crippen LogP contribution in [0.25, 0.3) is 11.1 Å². The van der Waals surface area contributed by atoms with E-state index in [-0.39, 0.29) is 5.82 Å². The highest BCUT2D eigenvalue weighted by Gasteiger charge is 2.07. The summed E-state index contributed by atoms with van der Waals surface area (Å²) in [4.78, 5) is 4.27. The maximum absolute atomic E-state index is 12.9. The Balaban J connectivity index is 1.78. The van der Waals surface area contributed by atoms with Crippen molar-refractivity contribution >= 4 is 0 Å². The number of rotatable bonds is 6. The van der Waals surface area contributed by atoms with Gasteiger partial charge in [0.25, 0.3) is 0 Å². The first kappa shape index (κ1) is 16.8. The summed E-state index contributed by atoms with van der Waals surface area (Å²) in [6.45, 7) is 0.347. The number of methoxy groups -OCH3 is 2. The molecule has 1 aromatic heterocycles. The number of aromatic nitrogens is 1. The molecule has 0 spiro atoms. The summed E-state index contributed by atoms with van der Waals surface area (Å²) in [5.74, 6) is 1.66. The van der Waals surface area contributed by atoms with Crippen molar-refractivity contribution in [2.75, 3.05) is 14.2 Å². The highest BCUT2D eigenvalue weighted by atomic mass is 19.1. The van der Waals surface area contributed by atoms with Gasteiger partial charge in [0.15, 0.2) is 11.5 Å². The van der Waals surface area contributed by atoms with Crippen molar-refractivity contribution in [1.29, 1.82) is 0 Å². The minimum Gasteiger partial charge on any atom is -0.493 e. The molecule has 0 fully saturated rings. The Hall–Kier alpha value is -3.08. The number of halogens is 1. The molecule has 0 unspecified atom stereocenters. The molecule has 0 aliphatic heterocycles. The van der Waals surface area contributed by atoms with Crippen molar-refractivity contribution < 1.29 is 18.6 Å². The fourth-order valence-electron chi connectivity index (χ4n) is 2.44. The molecule has 0 saturated heterocycles. The third-order valence-electron chi connectivity index (χ3n) is 3.73. The summed E-state index contributed by atoms with van der Waals surface area (Å²) >= 11 is 0. The van der Waals surface area contributed by atoms with Crippen LogP contribution in [-0.4, -0.2) is 19.2 Å². The Morgan fingerprint density at radius 1 is 0.840 bits per heavy atom. The molecule has 0 radical (unpaired) electrons. The van der Waals surface area contributed by atoms with E-state index in [2.05, 4.69) is 4.98 Å². The Morgan fingerprint density at radius 2 is 1.60 bits per heavy atom. The molecule has 128 valence electrons. The van der Waals surface area contributed by atoms with Crippen LogP contribution in [0.1, 0.15) is 5.56 Å². The van der Waals surface area contributed by atoms with Crippen molar-refractivity contribution in [3.63, 3.8) is 0 Å². The Bertz CT molecular complexity index is 850. The first-order valence-corrected chi connectivity index (χ1v) is 7.74. The molecular weight excluding hydrogens is 321 g/mol. The maximum atomic E-state index is 12.9. The van der Waals surface area contributed by atoms with E-state index in [4.69, 9.17) is 14.2 Å². The summed E-state index contributed by atoms with van der Waals surface area (Å²) < 4.78 is 29.2. The van der Waals surface area contributed by atoms with Gasteiger partial charge >= 0.3 is 0 Å². The number of hydrogen-bond donors (Lipinski definition) is 0. The molecule has 1 heterocycles. The molecular formula is C20H18FNO3. The van der Waals surface area contributed by atoms with E-state index < -0.39 is 0 Å². The molecule has 25 heavy (non-hydrogen) atoms. The van der Waals surface area contributed by atoms with E-state index in [1.807, 2.05) is 24.3 Å². The van der Waals surface area contributed by atoms with E-state index in [1.165, 1.54) is 12.1 Å². The first-order chi connectivity index (χ1) is 12.2. The van der Waals surface area contributed by atoms with E-state index in [1.54, 1.807) is 38.7 Å². The van der Waals surface area contributed by atoms with Crippen molar-refractivity contribution in [2.24, 2.45) is 0 Å². The predicted octanol–water partition coefficient (Wildman–Crippen LogP) is 4.48. The molecule has 4 nitrogen and oxygen atoms in total. The summed E-state index contributed by atoms with van der Waals surface area (Å²) in [7, 11) is 3.21. The molecule has 3 rings (SSSR count). The SMILES string of the molecule is COc1ccc(-c2cncc(COc3ccc(F)cc3)c2)cc1OC. The molecule has 3 aromatic rings. The normalized spacial score (nSPS) is 10.4. The van der Waals surface area contributed by atoms with Gasteiger partial charge in [-0.1, -0.05) is 6.07 Å². The van der Waals surface area contributed by atoms with E-state index in [9.17, 15) is 4.39 Å². The highest BCUT2D eigenvalue weighted by molar-refractivity contribution is 5.67. The molecule has 0 N–H and O–H groups in total. The van der Waals surface area contributed by atoms with Gasteiger partial charge in [0.05, 0.1) is 14.2 Å². The Kier molecular flexibility index (Phi) is 5.14. The minimum absolute atomic E-state index is 0.288. The van der Waals surface area contributed by atoms with E-state index >= 15 is 0 Å². The Morgan fingerprint density at radius 3 is 2.32 bits per heavy atom. The minimum atomic E-state index is -0.288. The quantitative estimate of drug-likeness (QED) is 0.664. The molecule has 5 heteroatoms. The second kappa shape index (κ2) is 7.66. The van der Waals surface area contributed by atoms with Crippen LogP contribution in [0.2, 0.25) is 0 Å². The van der Waals surface area contributed by atoms with Gasteiger partial charge in [-0.2, -0.15) is 0 Å². The third kappa shape index (κ3) is 4.07. The number of benzene rings is 2.